The molecule has 0 saturated carbocycles. The van der Waals surface area contributed by atoms with Crippen LogP contribution in [0, 0.1) is 0 Å². The molecule has 0 saturated heterocycles. The molecule has 0 radical (unpaired) electrons. The Hall–Kier alpha value is -2.14. The number of H-pyrrole nitrogens is 1. The second kappa shape index (κ2) is 6.88. The molecule has 1 heterocycles. The van der Waals surface area contributed by atoms with E-state index in [0.29, 0.717) is 17.1 Å². The molecule has 0 bridgehead atoms. The van der Waals surface area contributed by atoms with E-state index in [1.165, 1.54) is 0 Å². The summed E-state index contributed by atoms with van der Waals surface area (Å²) in [6.07, 6.45) is -5.02. The standard InChI is InChI=1S/C15H17F3N2O5S/c1-3-4-12(21)8-5-9-11(6-10(8)15(16,17)18)19-14(23)20(13(9)22)7-26(2,24)25/h5-6,12,21H,3-4,7H2,1-2H3,(H,19,23). The number of aliphatic hydroxyl groups excluding tert-OH is 1. The van der Waals surface area contributed by atoms with Gasteiger partial charge in [0.15, 0.2) is 9.84 Å². The van der Waals surface area contributed by atoms with E-state index in [1.54, 1.807) is 6.92 Å². The Morgan fingerprint density at radius 1 is 1.27 bits per heavy atom. The average molecular weight is 394 g/mol. The molecule has 1 aromatic carbocycles. The molecule has 2 aromatic rings. The maximum absolute atomic E-state index is 13.3. The Bertz CT molecular complexity index is 1050. The first-order valence-electron chi connectivity index (χ1n) is 7.59. The van der Waals surface area contributed by atoms with Crippen molar-refractivity contribution in [2.24, 2.45) is 0 Å². The molecule has 26 heavy (non-hydrogen) atoms. The van der Waals surface area contributed by atoms with Crippen molar-refractivity contribution in [2.75, 3.05) is 6.26 Å². The number of aromatic amines is 1. The van der Waals surface area contributed by atoms with E-state index >= 15 is 0 Å². The Morgan fingerprint density at radius 2 is 1.88 bits per heavy atom. The maximum atomic E-state index is 13.3. The van der Waals surface area contributed by atoms with Gasteiger partial charge in [-0.25, -0.2) is 17.8 Å². The number of rotatable bonds is 5. The zero-order valence-corrected chi connectivity index (χ0v) is 14.7. The van der Waals surface area contributed by atoms with E-state index < -0.39 is 50.4 Å². The lowest BCUT2D eigenvalue weighted by molar-refractivity contribution is -0.139. The second-order valence-electron chi connectivity index (χ2n) is 6.01. The number of hydrogen-bond acceptors (Lipinski definition) is 5. The van der Waals surface area contributed by atoms with Crippen LogP contribution in [0.5, 0.6) is 0 Å². The van der Waals surface area contributed by atoms with Gasteiger partial charge in [0, 0.05) is 6.26 Å². The van der Waals surface area contributed by atoms with Crippen LogP contribution in [0.2, 0.25) is 0 Å². The summed E-state index contributed by atoms with van der Waals surface area (Å²) in [5.41, 5.74) is -4.23. The number of hydrogen-bond donors (Lipinski definition) is 2. The van der Waals surface area contributed by atoms with Crippen molar-refractivity contribution in [2.45, 2.75) is 37.9 Å². The SMILES string of the molecule is CCCC(O)c1cc2c(=O)n(CS(C)(=O)=O)c(=O)[nH]c2cc1C(F)(F)F. The van der Waals surface area contributed by atoms with Crippen LogP contribution in [0.15, 0.2) is 21.7 Å². The highest BCUT2D eigenvalue weighted by Gasteiger charge is 2.35. The van der Waals surface area contributed by atoms with Gasteiger partial charge in [0.1, 0.15) is 5.88 Å². The van der Waals surface area contributed by atoms with Crippen molar-refractivity contribution in [1.29, 1.82) is 0 Å². The second-order valence-corrected chi connectivity index (χ2v) is 8.12. The van der Waals surface area contributed by atoms with Gasteiger partial charge in [0.25, 0.3) is 5.56 Å². The number of sulfone groups is 1. The van der Waals surface area contributed by atoms with Crippen molar-refractivity contribution in [3.63, 3.8) is 0 Å². The first-order valence-corrected chi connectivity index (χ1v) is 9.65. The summed E-state index contributed by atoms with van der Waals surface area (Å²) in [4.78, 5) is 26.5. The van der Waals surface area contributed by atoms with Gasteiger partial charge in [-0.15, -0.1) is 0 Å². The summed E-state index contributed by atoms with van der Waals surface area (Å²) in [5, 5.41) is 9.74. The van der Waals surface area contributed by atoms with Crippen LogP contribution in [0.3, 0.4) is 0 Å². The third kappa shape index (κ3) is 4.15. The van der Waals surface area contributed by atoms with Crippen LogP contribution in [0.1, 0.15) is 37.0 Å². The topological polar surface area (TPSA) is 109 Å². The molecular weight excluding hydrogens is 377 g/mol. The fourth-order valence-electron chi connectivity index (χ4n) is 2.62. The molecule has 1 aromatic heterocycles. The smallest absolute Gasteiger partial charge is 0.388 e. The van der Waals surface area contributed by atoms with Crippen LogP contribution in [0.25, 0.3) is 10.9 Å². The molecule has 0 spiro atoms. The number of halogens is 3. The predicted molar refractivity (Wildman–Crippen MR) is 88.5 cm³/mol. The monoisotopic (exact) mass is 394 g/mol. The summed E-state index contributed by atoms with van der Waals surface area (Å²) >= 11 is 0. The maximum Gasteiger partial charge on any atom is 0.416 e. The van der Waals surface area contributed by atoms with Crippen LogP contribution in [0.4, 0.5) is 13.2 Å². The molecule has 7 nitrogen and oxygen atoms in total. The lowest BCUT2D eigenvalue weighted by Crippen LogP contribution is -2.37. The summed E-state index contributed by atoms with van der Waals surface area (Å²) < 4.78 is 63.1. The first kappa shape index (κ1) is 20.2. The van der Waals surface area contributed by atoms with Crippen LogP contribution >= 0.6 is 0 Å². The minimum atomic E-state index is -4.81. The van der Waals surface area contributed by atoms with Gasteiger partial charge >= 0.3 is 11.9 Å². The Labute approximate surface area is 146 Å². The van der Waals surface area contributed by atoms with Gasteiger partial charge in [-0.3, -0.25) is 4.79 Å². The summed E-state index contributed by atoms with van der Waals surface area (Å²) in [6, 6.07) is 1.44. The molecule has 144 valence electrons. The molecule has 0 aliphatic carbocycles. The molecule has 0 aliphatic heterocycles. The van der Waals surface area contributed by atoms with Crippen molar-refractivity contribution < 1.29 is 26.7 Å². The van der Waals surface area contributed by atoms with Crippen molar-refractivity contribution in [1.82, 2.24) is 9.55 Å². The number of alkyl halides is 3. The van der Waals surface area contributed by atoms with Gasteiger partial charge in [0.05, 0.1) is 22.6 Å². The number of nitrogens with zero attached hydrogens (tertiary/aromatic N) is 1. The van der Waals surface area contributed by atoms with Gasteiger partial charge in [-0.2, -0.15) is 13.2 Å². The van der Waals surface area contributed by atoms with Gasteiger partial charge < -0.3 is 10.1 Å². The zero-order chi connectivity index (χ0) is 19.9. The minimum absolute atomic E-state index is 0.0372. The number of nitrogens with one attached hydrogen (secondary N) is 1. The molecule has 1 atom stereocenters. The zero-order valence-electron chi connectivity index (χ0n) is 13.9. The fraction of sp³-hybridized carbons (Fsp3) is 0.467. The summed E-state index contributed by atoms with van der Waals surface area (Å²) in [6.45, 7) is 1.67. The van der Waals surface area contributed by atoms with Crippen molar-refractivity contribution in [3.8, 4) is 0 Å². The average Bonchev–Trinajstić information content (AvgIpc) is 2.49. The molecular formula is C15H17F3N2O5S. The van der Waals surface area contributed by atoms with Crippen LogP contribution in [-0.2, 0) is 21.9 Å². The molecule has 11 heteroatoms. The number of benzene rings is 1. The number of aromatic nitrogens is 2. The molecule has 2 rings (SSSR count). The fourth-order valence-corrected chi connectivity index (χ4v) is 3.32. The van der Waals surface area contributed by atoms with Crippen LogP contribution in [-0.4, -0.2) is 29.3 Å². The Balaban J connectivity index is 2.86. The lowest BCUT2D eigenvalue weighted by atomic mass is 9.97. The number of fused-ring (bicyclic) bond motifs is 1. The molecule has 0 aliphatic rings. The van der Waals surface area contributed by atoms with Crippen LogP contribution < -0.4 is 11.2 Å². The van der Waals surface area contributed by atoms with Gasteiger partial charge in [-0.1, -0.05) is 13.3 Å². The molecule has 1 unspecified atom stereocenters. The van der Waals surface area contributed by atoms with E-state index in [1.807, 2.05) is 0 Å². The van der Waals surface area contributed by atoms with E-state index in [-0.39, 0.29) is 17.3 Å². The first-order chi connectivity index (χ1) is 11.8. The Morgan fingerprint density at radius 3 is 2.38 bits per heavy atom. The molecule has 2 N–H and O–H groups in total. The van der Waals surface area contributed by atoms with Crippen molar-refractivity contribution in [3.05, 3.63) is 44.1 Å². The third-order valence-electron chi connectivity index (χ3n) is 3.74. The lowest BCUT2D eigenvalue weighted by Gasteiger charge is -2.18. The normalized spacial score (nSPS) is 13.9. The van der Waals surface area contributed by atoms with E-state index in [4.69, 9.17) is 0 Å². The summed E-state index contributed by atoms with van der Waals surface area (Å²) in [5.74, 6) is -0.912. The molecule has 0 amide bonds. The number of aliphatic hydroxyl groups is 1. The highest BCUT2D eigenvalue weighted by Crippen LogP contribution is 2.37. The van der Waals surface area contributed by atoms with E-state index in [9.17, 15) is 36.3 Å². The largest absolute Gasteiger partial charge is 0.416 e. The van der Waals surface area contributed by atoms with Gasteiger partial charge in [0.2, 0.25) is 0 Å². The van der Waals surface area contributed by atoms with E-state index in [0.717, 1.165) is 12.3 Å². The molecule has 0 fully saturated rings. The van der Waals surface area contributed by atoms with Crippen molar-refractivity contribution >= 4 is 20.7 Å². The third-order valence-corrected chi connectivity index (χ3v) is 4.47. The van der Waals surface area contributed by atoms with E-state index in [2.05, 4.69) is 4.98 Å². The minimum Gasteiger partial charge on any atom is -0.388 e. The Kier molecular flexibility index (Phi) is 5.34. The highest BCUT2D eigenvalue weighted by atomic mass is 32.2. The van der Waals surface area contributed by atoms with Gasteiger partial charge in [-0.05, 0) is 24.1 Å². The predicted octanol–water partition coefficient (Wildman–Crippen LogP) is 1.54. The quantitative estimate of drug-likeness (QED) is 0.800. The summed E-state index contributed by atoms with van der Waals surface area (Å²) in [7, 11) is -3.74. The highest BCUT2D eigenvalue weighted by molar-refractivity contribution is 7.89.